The van der Waals surface area contributed by atoms with Crippen molar-refractivity contribution >= 4 is 11.9 Å². The van der Waals surface area contributed by atoms with Crippen molar-refractivity contribution in [1.82, 2.24) is 5.32 Å². The molecule has 26 heavy (non-hydrogen) atoms. The van der Waals surface area contributed by atoms with Gasteiger partial charge in [0.15, 0.2) is 0 Å². The number of hydrogen-bond acceptors (Lipinski definition) is 3. The number of carbonyl (C=O) groups excluding carboxylic acids is 2. The van der Waals surface area contributed by atoms with Crippen LogP contribution in [-0.2, 0) is 22.1 Å². The smallest absolute Gasteiger partial charge is 0.416 e. The normalized spacial score (nSPS) is 12.3. The van der Waals surface area contributed by atoms with Crippen LogP contribution in [0.5, 0.6) is 0 Å². The summed E-state index contributed by atoms with van der Waals surface area (Å²) in [6.07, 6.45) is -4.74. The molecule has 8 heteroatoms. The van der Waals surface area contributed by atoms with Crippen molar-refractivity contribution in [3.8, 4) is 0 Å². The summed E-state index contributed by atoms with van der Waals surface area (Å²) in [5.41, 5.74) is -0.701. The van der Waals surface area contributed by atoms with Crippen LogP contribution in [0.2, 0.25) is 0 Å². The molecule has 1 amide bonds. The fourth-order valence-electron chi connectivity index (χ4n) is 2.32. The van der Waals surface area contributed by atoms with Crippen LogP contribution in [0.4, 0.5) is 17.6 Å². The van der Waals surface area contributed by atoms with Gasteiger partial charge in [0.25, 0.3) is 5.91 Å². The molecular formula is C18H15F4NO3. The molecule has 2 aromatic carbocycles. The monoisotopic (exact) mass is 369 g/mol. The maximum atomic E-state index is 13.2. The quantitative estimate of drug-likeness (QED) is 0.650. The molecule has 0 aliphatic heterocycles. The highest BCUT2D eigenvalue weighted by Gasteiger charge is 2.31. The van der Waals surface area contributed by atoms with Crippen molar-refractivity contribution < 1.29 is 31.9 Å². The Labute approximate surface area is 146 Å². The van der Waals surface area contributed by atoms with Gasteiger partial charge in [0.1, 0.15) is 11.9 Å². The highest BCUT2D eigenvalue weighted by Crippen LogP contribution is 2.29. The lowest BCUT2D eigenvalue weighted by Gasteiger charge is -2.17. The molecule has 2 aromatic rings. The lowest BCUT2D eigenvalue weighted by Crippen LogP contribution is -2.43. The van der Waals surface area contributed by atoms with Gasteiger partial charge < -0.3 is 10.1 Å². The third kappa shape index (κ3) is 5.05. The van der Waals surface area contributed by atoms with E-state index in [9.17, 15) is 27.2 Å². The minimum atomic E-state index is -4.53. The van der Waals surface area contributed by atoms with E-state index in [1.165, 1.54) is 24.3 Å². The Balaban J connectivity index is 2.20. The first-order valence-electron chi connectivity index (χ1n) is 7.51. The van der Waals surface area contributed by atoms with Crippen molar-refractivity contribution in [1.29, 1.82) is 0 Å². The lowest BCUT2D eigenvalue weighted by molar-refractivity contribution is -0.142. The van der Waals surface area contributed by atoms with Gasteiger partial charge in [0.05, 0.1) is 12.7 Å². The molecule has 0 aliphatic rings. The van der Waals surface area contributed by atoms with Gasteiger partial charge in [-0.25, -0.2) is 9.18 Å². The number of rotatable bonds is 5. The van der Waals surface area contributed by atoms with E-state index in [1.54, 1.807) is 0 Å². The zero-order chi connectivity index (χ0) is 19.3. The van der Waals surface area contributed by atoms with E-state index in [-0.39, 0.29) is 17.5 Å². The Hall–Kier alpha value is -2.90. The number of nitrogens with one attached hydrogen (secondary N) is 1. The summed E-state index contributed by atoms with van der Waals surface area (Å²) in [5, 5.41) is 2.36. The Morgan fingerprint density at radius 1 is 1.12 bits per heavy atom. The molecule has 0 heterocycles. The number of amides is 1. The molecule has 138 valence electrons. The van der Waals surface area contributed by atoms with Gasteiger partial charge in [-0.15, -0.1) is 0 Å². The Morgan fingerprint density at radius 3 is 2.42 bits per heavy atom. The zero-order valence-electron chi connectivity index (χ0n) is 13.6. The van der Waals surface area contributed by atoms with E-state index in [0.29, 0.717) is 0 Å². The molecule has 0 unspecified atom stereocenters. The first-order valence-corrected chi connectivity index (χ1v) is 7.51. The lowest BCUT2D eigenvalue weighted by atomic mass is 10.0. The summed E-state index contributed by atoms with van der Waals surface area (Å²) in [4.78, 5) is 24.1. The maximum Gasteiger partial charge on any atom is 0.416 e. The molecule has 0 saturated heterocycles. The fourth-order valence-corrected chi connectivity index (χ4v) is 2.32. The summed E-state index contributed by atoms with van der Waals surface area (Å²) in [6, 6.07) is 7.98. The van der Waals surface area contributed by atoms with E-state index >= 15 is 0 Å². The molecular weight excluding hydrogens is 354 g/mol. The summed E-state index contributed by atoms with van der Waals surface area (Å²) < 4.78 is 56.2. The van der Waals surface area contributed by atoms with Crippen molar-refractivity contribution in [2.75, 3.05) is 7.11 Å². The van der Waals surface area contributed by atoms with Crippen molar-refractivity contribution in [3.63, 3.8) is 0 Å². The van der Waals surface area contributed by atoms with Gasteiger partial charge in [-0.1, -0.05) is 24.3 Å². The molecule has 0 fully saturated rings. The first kappa shape index (κ1) is 19.4. The second kappa shape index (κ2) is 7.99. The number of alkyl halides is 3. The molecule has 0 saturated carbocycles. The van der Waals surface area contributed by atoms with Gasteiger partial charge >= 0.3 is 12.1 Å². The SMILES string of the molecule is COC(=O)[C@@H](Cc1cccc(C(F)(F)F)c1)NC(=O)c1cccc(F)c1. The molecule has 2 rings (SSSR count). The van der Waals surface area contributed by atoms with Gasteiger partial charge in [0, 0.05) is 12.0 Å². The minimum absolute atomic E-state index is 0.0251. The molecule has 4 nitrogen and oxygen atoms in total. The van der Waals surface area contributed by atoms with Crippen LogP contribution < -0.4 is 5.32 Å². The fraction of sp³-hybridized carbons (Fsp3) is 0.222. The van der Waals surface area contributed by atoms with Crippen LogP contribution in [0.1, 0.15) is 21.5 Å². The average Bonchev–Trinajstić information content (AvgIpc) is 2.60. The van der Waals surface area contributed by atoms with Crippen molar-refractivity contribution in [3.05, 3.63) is 71.0 Å². The van der Waals surface area contributed by atoms with Crippen molar-refractivity contribution in [2.45, 2.75) is 18.6 Å². The molecule has 0 radical (unpaired) electrons. The largest absolute Gasteiger partial charge is 0.467 e. The summed E-state index contributed by atoms with van der Waals surface area (Å²) in [5.74, 6) is -2.20. The number of benzene rings is 2. The number of halogens is 4. The van der Waals surface area contributed by atoms with Crippen LogP contribution in [0.3, 0.4) is 0 Å². The van der Waals surface area contributed by atoms with Crippen LogP contribution in [0, 0.1) is 5.82 Å². The predicted molar refractivity (Wildman–Crippen MR) is 84.8 cm³/mol. The molecule has 0 aliphatic carbocycles. The van der Waals surface area contributed by atoms with E-state index in [1.807, 2.05) is 0 Å². The highest BCUT2D eigenvalue weighted by molar-refractivity contribution is 5.96. The number of hydrogen-bond donors (Lipinski definition) is 1. The number of esters is 1. The second-order valence-electron chi connectivity index (χ2n) is 5.46. The van der Waals surface area contributed by atoms with Gasteiger partial charge in [-0.2, -0.15) is 13.2 Å². The van der Waals surface area contributed by atoms with Crippen LogP contribution in [0.15, 0.2) is 48.5 Å². The summed E-state index contributed by atoms with van der Waals surface area (Å²) in [7, 11) is 1.09. The standard InChI is InChI=1S/C18H15F4NO3/c1-26-17(25)15(23-16(24)12-5-3-7-14(19)10-12)9-11-4-2-6-13(8-11)18(20,21)22/h2-8,10,15H,9H2,1H3,(H,23,24)/t15-/m1/s1. The summed E-state index contributed by atoms with van der Waals surface area (Å²) in [6.45, 7) is 0. The van der Waals surface area contributed by atoms with Gasteiger partial charge in [-0.3, -0.25) is 4.79 Å². The molecule has 0 aromatic heterocycles. The highest BCUT2D eigenvalue weighted by atomic mass is 19.4. The topological polar surface area (TPSA) is 55.4 Å². The van der Waals surface area contributed by atoms with Crippen LogP contribution in [0.25, 0.3) is 0 Å². The molecule has 0 spiro atoms. The summed E-state index contributed by atoms with van der Waals surface area (Å²) >= 11 is 0. The minimum Gasteiger partial charge on any atom is -0.467 e. The van der Waals surface area contributed by atoms with Crippen LogP contribution in [-0.4, -0.2) is 25.0 Å². The van der Waals surface area contributed by atoms with E-state index < -0.39 is 35.5 Å². The Bertz CT molecular complexity index is 805. The van der Waals surface area contributed by atoms with E-state index in [4.69, 9.17) is 0 Å². The van der Waals surface area contributed by atoms with E-state index in [0.717, 1.165) is 31.4 Å². The predicted octanol–water partition coefficient (Wildman–Crippen LogP) is 3.36. The molecule has 1 N–H and O–H groups in total. The van der Waals surface area contributed by atoms with E-state index in [2.05, 4.69) is 10.1 Å². The Morgan fingerprint density at radius 2 is 1.81 bits per heavy atom. The third-order valence-electron chi connectivity index (χ3n) is 3.57. The second-order valence-corrected chi connectivity index (χ2v) is 5.46. The van der Waals surface area contributed by atoms with Gasteiger partial charge in [0.2, 0.25) is 0 Å². The zero-order valence-corrected chi connectivity index (χ0v) is 13.6. The van der Waals surface area contributed by atoms with Crippen LogP contribution >= 0.6 is 0 Å². The maximum absolute atomic E-state index is 13.2. The molecule has 0 bridgehead atoms. The third-order valence-corrected chi connectivity index (χ3v) is 3.57. The number of ether oxygens (including phenoxy) is 1. The first-order chi connectivity index (χ1) is 12.2. The van der Waals surface area contributed by atoms with Gasteiger partial charge in [-0.05, 0) is 29.8 Å². The number of carbonyl (C=O) groups is 2. The van der Waals surface area contributed by atoms with Crippen molar-refractivity contribution in [2.24, 2.45) is 0 Å². The molecule has 1 atom stereocenters. The Kier molecular flexibility index (Phi) is 5.97. The average molecular weight is 369 g/mol. The number of methoxy groups -OCH3 is 1.